The van der Waals surface area contributed by atoms with Crippen molar-refractivity contribution in [1.29, 1.82) is 0 Å². The Morgan fingerprint density at radius 3 is 2.24 bits per heavy atom. The number of benzene rings is 1. The van der Waals surface area contributed by atoms with Gasteiger partial charge in [0.05, 0.1) is 30.4 Å². The fourth-order valence-corrected chi connectivity index (χ4v) is 2.98. The van der Waals surface area contributed by atoms with Crippen LogP contribution in [0.2, 0.25) is 5.02 Å². The molecular formula is C23H27ClF3N3O4. The van der Waals surface area contributed by atoms with Crippen molar-refractivity contribution in [2.75, 3.05) is 6.61 Å². The molecule has 0 aliphatic carbocycles. The third kappa shape index (κ3) is 9.86. The van der Waals surface area contributed by atoms with Crippen LogP contribution in [-0.4, -0.2) is 35.4 Å². The van der Waals surface area contributed by atoms with Gasteiger partial charge < -0.3 is 20.1 Å². The summed E-state index contributed by atoms with van der Waals surface area (Å²) >= 11 is 5.94. The molecule has 1 heterocycles. The zero-order valence-electron chi connectivity index (χ0n) is 19.2. The van der Waals surface area contributed by atoms with E-state index in [1.54, 1.807) is 52.0 Å². The number of hydrogen-bond acceptors (Lipinski definition) is 5. The fraction of sp³-hybridized carbons (Fsp3) is 0.435. The number of nitrogens with zero attached hydrogens (tertiary/aromatic N) is 1. The van der Waals surface area contributed by atoms with Crippen molar-refractivity contribution < 1.29 is 32.2 Å². The minimum absolute atomic E-state index is 0.0380. The number of alkyl halides is 3. The molecule has 0 aliphatic rings. The molecular weight excluding hydrogens is 475 g/mol. The molecule has 0 unspecified atom stereocenters. The van der Waals surface area contributed by atoms with Gasteiger partial charge in [-0.05, 0) is 57.5 Å². The maximum Gasteiger partial charge on any atom is 0.422 e. The van der Waals surface area contributed by atoms with Crippen LogP contribution in [0.5, 0.6) is 5.75 Å². The minimum atomic E-state index is -4.45. The first kappa shape index (κ1) is 27.2. The third-order valence-corrected chi connectivity index (χ3v) is 4.59. The molecule has 2 rings (SSSR count). The van der Waals surface area contributed by atoms with Gasteiger partial charge in [-0.25, -0.2) is 4.79 Å². The Bertz CT molecular complexity index is 961. The van der Waals surface area contributed by atoms with Gasteiger partial charge in [0.2, 0.25) is 5.91 Å². The summed E-state index contributed by atoms with van der Waals surface area (Å²) < 4.78 is 46.7. The summed E-state index contributed by atoms with van der Waals surface area (Å²) in [6.45, 7) is 5.44. The van der Waals surface area contributed by atoms with Crippen molar-refractivity contribution >= 4 is 23.6 Å². The molecule has 0 radical (unpaired) electrons. The Hall–Kier alpha value is -3.01. The lowest BCUT2D eigenvalue weighted by Crippen LogP contribution is -2.38. The summed E-state index contributed by atoms with van der Waals surface area (Å²) in [6, 6.07) is 8.26. The Morgan fingerprint density at radius 2 is 1.71 bits per heavy atom. The topological polar surface area (TPSA) is 89.6 Å². The number of alkyl carbamates (subject to hydrolysis) is 1. The second-order valence-electron chi connectivity index (χ2n) is 8.57. The molecule has 1 aromatic heterocycles. The Morgan fingerprint density at radius 1 is 1.06 bits per heavy atom. The summed E-state index contributed by atoms with van der Waals surface area (Å²) in [7, 11) is 0. The molecule has 0 aliphatic heterocycles. The van der Waals surface area contributed by atoms with Gasteiger partial charge in [0, 0.05) is 5.02 Å². The van der Waals surface area contributed by atoms with Crippen molar-refractivity contribution in [1.82, 2.24) is 15.6 Å². The van der Waals surface area contributed by atoms with Gasteiger partial charge in [-0.2, -0.15) is 13.2 Å². The van der Waals surface area contributed by atoms with Crippen molar-refractivity contribution in [3.8, 4) is 5.75 Å². The molecule has 186 valence electrons. The summed E-state index contributed by atoms with van der Waals surface area (Å²) in [6.07, 6.45) is -4.07. The van der Waals surface area contributed by atoms with E-state index < -0.39 is 36.6 Å². The number of ether oxygens (including phenoxy) is 2. The van der Waals surface area contributed by atoms with Gasteiger partial charge in [0.25, 0.3) is 0 Å². The van der Waals surface area contributed by atoms with Crippen LogP contribution >= 0.6 is 11.6 Å². The highest BCUT2D eigenvalue weighted by Crippen LogP contribution is 2.22. The van der Waals surface area contributed by atoms with Crippen LogP contribution in [0.1, 0.15) is 57.5 Å². The van der Waals surface area contributed by atoms with Crippen molar-refractivity contribution in [2.24, 2.45) is 0 Å². The predicted octanol–water partition coefficient (Wildman–Crippen LogP) is 5.51. The normalized spacial score (nSPS) is 13.5. The van der Waals surface area contributed by atoms with Crippen molar-refractivity contribution in [2.45, 2.75) is 58.0 Å². The monoisotopic (exact) mass is 501 g/mol. The highest BCUT2D eigenvalue weighted by Gasteiger charge is 2.28. The molecule has 7 nitrogen and oxygen atoms in total. The molecule has 0 saturated heterocycles. The number of pyridine rings is 1. The second-order valence-corrected chi connectivity index (χ2v) is 9.00. The van der Waals surface area contributed by atoms with Crippen LogP contribution in [0.15, 0.2) is 42.6 Å². The van der Waals surface area contributed by atoms with Gasteiger partial charge in [-0.3, -0.25) is 9.78 Å². The Balaban J connectivity index is 2.03. The summed E-state index contributed by atoms with van der Waals surface area (Å²) in [5, 5.41) is 5.97. The van der Waals surface area contributed by atoms with Crippen LogP contribution in [0.25, 0.3) is 0 Å². The van der Waals surface area contributed by atoms with E-state index in [1.165, 1.54) is 12.1 Å². The molecule has 1 aromatic carbocycles. The number of aromatic nitrogens is 1. The molecule has 2 amide bonds. The highest BCUT2D eigenvalue weighted by atomic mass is 35.5. The van der Waals surface area contributed by atoms with Gasteiger partial charge in [0.15, 0.2) is 6.61 Å². The van der Waals surface area contributed by atoms with E-state index in [2.05, 4.69) is 20.4 Å². The van der Waals surface area contributed by atoms with E-state index in [-0.39, 0.29) is 18.1 Å². The molecule has 2 aromatic rings. The van der Waals surface area contributed by atoms with Gasteiger partial charge in [0.1, 0.15) is 11.4 Å². The Labute approximate surface area is 201 Å². The first-order valence-electron chi connectivity index (χ1n) is 10.4. The lowest BCUT2D eigenvalue weighted by atomic mass is 10.0. The molecule has 11 heteroatoms. The average Bonchev–Trinajstić information content (AvgIpc) is 2.70. The van der Waals surface area contributed by atoms with E-state index in [9.17, 15) is 22.8 Å². The van der Waals surface area contributed by atoms with Gasteiger partial charge >= 0.3 is 12.3 Å². The van der Waals surface area contributed by atoms with Crippen LogP contribution in [0, 0.1) is 0 Å². The lowest BCUT2D eigenvalue weighted by Gasteiger charge is -2.24. The van der Waals surface area contributed by atoms with Crippen LogP contribution in [0.4, 0.5) is 18.0 Å². The zero-order valence-corrected chi connectivity index (χ0v) is 20.0. The number of halogens is 4. The van der Waals surface area contributed by atoms with E-state index in [0.29, 0.717) is 16.3 Å². The molecule has 34 heavy (non-hydrogen) atoms. The highest BCUT2D eigenvalue weighted by molar-refractivity contribution is 6.30. The molecule has 0 bridgehead atoms. The van der Waals surface area contributed by atoms with E-state index >= 15 is 0 Å². The quantitative estimate of drug-likeness (QED) is 0.498. The zero-order chi connectivity index (χ0) is 25.5. The van der Waals surface area contributed by atoms with Gasteiger partial charge in [-0.15, -0.1) is 0 Å². The second kappa shape index (κ2) is 11.4. The van der Waals surface area contributed by atoms with Gasteiger partial charge in [-0.1, -0.05) is 23.7 Å². The molecule has 2 atom stereocenters. The summed E-state index contributed by atoms with van der Waals surface area (Å²) in [5.41, 5.74) is 0.366. The molecule has 0 saturated carbocycles. The average molecular weight is 502 g/mol. The van der Waals surface area contributed by atoms with E-state index in [4.69, 9.17) is 16.3 Å². The fourth-order valence-electron chi connectivity index (χ4n) is 2.86. The number of hydrogen-bond donors (Lipinski definition) is 2. The Kier molecular flexibility index (Phi) is 9.14. The largest absolute Gasteiger partial charge is 0.483 e. The van der Waals surface area contributed by atoms with Crippen LogP contribution in [0.3, 0.4) is 0 Å². The number of rotatable bonds is 8. The maximum absolute atomic E-state index is 12.7. The lowest BCUT2D eigenvalue weighted by molar-refractivity contribution is -0.153. The van der Waals surface area contributed by atoms with Crippen molar-refractivity contribution in [3.63, 3.8) is 0 Å². The number of carbonyl (C=O) groups excluding carboxylic acids is 2. The van der Waals surface area contributed by atoms with Crippen LogP contribution in [-0.2, 0) is 9.53 Å². The smallest absolute Gasteiger partial charge is 0.422 e. The predicted molar refractivity (Wildman–Crippen MR) is 121 cm³/mol. The first-order chi connectivity index (χ1) is 15.7. The standard InChI is InChI=1S/C23H27ClF3N3O4/c1-14(18-10-9-17(12-28-18)33-13-23(25,26)27)29-20(31)11-19(15-5-7-16(24)8-6-15)30-21(32)34-22(2,3)4/h5-10,12,14,19H,11,13H2,1-4H3,(H,29,31)(H,30,32)/t14-,19-/m1/s1. The number of nitrogens with one attached hydrogen (secondary N) is 2. The number of amides is 2. The first-order valence-corrected chi connectivity index (χ1v) is 10.8. The minimum Gasteiger partial charge on any atom is -0.483 e. The number of carbonyl (C=O) groups is 2. The summed E-state index contributed by atoms with van der Waals surface area (Å²) in [5.74, 6) is -0.424. The van der Waals surface area contributed by atoms with Crippen molar-refractivity contribution in [3.05, 3.63) is 58.9 Å². The SMILES string of the molecule is C[C@@H](NC(=O)C[C@@H](NC(=O)OC(C)(C)C)c1ccc(Cl)cc1)c1ccc(OCC(F)(F)F)cn1. The van der Waals surface area contributed by atoms with Crippen LogP contribution < -0.4 is 15.4 Å². The maximum atomic E-state index is 12.7. The molecule has 2 N–H and O–H groups in total. The summed E-state index contributed by atoms with van der Waals surface area (Å²) in [4.78, 5) is 29.1. The molecule has 0 fully saturated rings. The van der Waals surface area contributed by atoms with E-state index in [1.807, 2.05) is 0 Å². The molecule has 0 spiro atoms. The third-order valence-electron chi connectivity index (χ3n) is 4.34. The van der Waals surface area contributed by atoms with E-state index in [0.717, 1.165) is 6.20 Å².